The fourth-order valence-electron chi connectivity index (χ4n) is 2.59. The highest BCUT2D eigenvalue weighted by atomic mass is 16.6. The minimum absolute atomic E-state index is 0.103. The lowest BCUT2D eigenvalue weighted by Crippen LogP contribution is -2.43. The highest BCUT2D eigenvalue weighted by Gasteiger charge is 2.48. The fraction of sp³-hybridized carbons (Fsp3) is 0.556. The van der Waals surface area contributed by atoms with E-state index >= 15 is 0 Å². The van der Waals surface area contributed by atoms with Crippen LogP contribution in [0.15, 0.2) is 30.3 Å². The minimum Gasteiger partial charge on any atom is -0.459 e. The third-order valence-corrected chi connectivity index (χ3v) is 3.95. The number of carbonyl (C=O) groups excluding carboxylic acids is 2. The Labute approximate surface area is 142 Å². The fourth-order valence-corrected chi connectivity index (χ4v) is 2.59. The second-order valence-electron chi connectivity index (χ2n) is 7.15. The molecule has 132 valence electrons. The predicted octanol–water partition coefficient (Wildman–Crippen LogP) is 2.35. The molecule has 1 aromatic rings. The van der Waals surface area contributed by atoms with Crippen LogP contribution in [0.5, 0.6) is 0 Å². The normalized spacial score (nSPS) is 20.8. The molecule has 0 radical (unpaired) electrons. The molecule has 1 atom stereocenters. The van der Waals surface area contributed by atoms with Crippen LogP contribution in [0, 0.1) is 5.41 Å². The standard InChI is InChI=1S/C18H25NO5/c1-17(2,3)24-15(21)18(13-20)9-10-19(12-18)16(22)23-11-14-7-5-4-6-8-14/h4-8,20H,9-13H2,1-3H3. The van der Waals surface area contributed by atoms with Gasteiger partial charge in [0, 0.05) is 13.1 Å². The molecular weight excluding hydrogens is 310 g/mol. The molecule has 6 nitrogen and oxygen atoms in total. The van der Waals surface area contributed by atoms with Crippen molar-refractivity contribution < 1.29 is 24.2 Å². The van der Waals surface area contributed by atoms with Crippen molar-refractivity contribution in [3.63, 3.8) is 0 Å². The van der Waals surface area contributed by atoms with Gasteiger partial charge < -0.3 is 19.5 Å². The molecule has 1 aromatic carbocycles. The molecule has 0 aliphatic carbocycles. The number of benzene rings is 1. The summed E-state index contributed by atoms with van der Waals surface area (Å²) in [5.41, 5.74) is -0.815. The summed E-state index contributed by atoms with van der Waals surface area (Å²) < 4.78 is 10.7. The maximum Gasteiger partial charge on any atom is 0.410 e. The van der Waals surface area contributed by atoms with Crippen LogP contribution in [0.4, 0.5) is 4.79 Å². The van der Waals surface area contributed by atoms with E-state index in [-0.39, 0.29) is 19.8 Å². The number of esters is 1. The Hall–Kier alpha value is -2.08. The van der Waals surface area contributed by atoms with Crippen molar-refractivity contribution in [2.75, 3.05) is 19.7 Å². The van der Waals surface area contributed by atoms with Crippen LogP contribution in [0.3, 0.4) is 0 Å². The van der Waals surface area contributed by atoms with E-state index in [9.17, 15) is 14.7 Å². The summed E-state index contributed by atoms with van der Waals surface area (Å²) in [5, 5.41) is 9.71. The first-order valence-corrected chi connectivity index (χ1v) is 8.06. The molecule has 1 fully saturated rings. The van der Waals surface area contributed by atoms with E-state index < -0.39 is 23.1 Å². The largest absolute Gasteiger partial charge is 0.459 e. The van der Waals surface area contributed by atoms with Crippen LogP contribution in [0.25, 0.3) is 0 Å². The Kier molecular flexibility index (Phi) is 5.49. The SMILES string of the molecule is CC(C)(C)OC(=O)C1(CO)CCN(C(=O)OCc2ccccc2)C1. The van der Waals surface area contributed by atoms with Gasteiger partial charge in [0.15, 0.2) is 0 Å². The van der Waals surface area contributed by atoms with Gasteiger partial charge in [-0.1, -0.05) is 30.3 Å². The lowest BCUT2D eigenvalue weighted by atomic mass is 9.88. The van der Waals surface area contributed by atoms with Gasteiger partial charge >= 0.3 is 12.1 Å². The van der Waals surface area contributed by atoms with Gasteiger partial charge in [0.25, 0.3) is 0 Å². The monoisotopic (exact) mass is 335 g/mol. The molecule has 0 bridgehead atoms. The number of likely N-dealkylation sites (tertiary alicyclic amines) is 1. The van der Waals surface area contributed by atoms with Gasteiger partial charge in [-0.2, -0.15) is 0 Å². The van der Waals surface area contributed by atoms with E-state index in [1.54, 1.807) is 20.8 Å². The Morgan fingerprint density at radius 3 is 2.50 bits per heavy atom. The van der Waals surface area contributed by atoms with Gasteiger partial charge in [-0.25, -0.2) is 4.79 Å². The minimum atomic E-state index is -1.07. The quantitative estimate of drug-likeness (QED) is 0.855. The van der Waals surface area contributed by atoms with E-state index in [1.807, 2.05) is 30.3 Å². The van der Waals surface area contributed by atoms with Crippen molar-refractivity contribution >= 4 is 12.1 Å². The van der Waals surface area contributed by atoms with Crippen molar-refractivity contribution in [3.8, 4) is 0 Å². The number of hydrogen-bond donors (Lipinski definition) is 1. The number of hydrogen-bond acceptors (Lipinski definition) is 5. The zero-order valence-electron chi connectivity index (χ0n) is 14.4. The predicted molar refractivity (Wildman–Crippen MR) is 88.2 cm³/mol. The van der Waals surface area contributed by atoms with Crippen LogP contribution in [-0.4, -0.2) is 47.4 Å². The molecule has 1 aliphatic rings. The van der Waals surface area contributed by atoms with E-state index in [4.69, 9.17) is 9.47 Å². The first kappa shape index (κ1) is 18.3. The lowest BCUT2D eigenvalue weighted by molar-refractivity contribution is -0.169. The number of carbonyl (C=O) groups is 2. The average Bonchev–Trinajstić information content (AvgIpc) is 2.98. The summed E-state index contributed by atoms with van der Waals surface area (Å²) in [6.45, 7) is 5.60. The lowest BCUT2D eigenvalue weighted by Gasteiger charge is -2.29. The maximum absolute atomic E-state index is 12.4. The first-order valence-electron chi connectivity index (χ1n) is 8.06. The van der Waals surface area contributed by atoms with Crippen LogP contribution in [0.1, 0.15) is 32.8 Å². The molecule has 1 N–H and O–H groups in total. The van der Waals surface area contributed by atoms with Crippen LogP contribution >= 0.6 is 0 Å². The van der Waals surface area contributed by atoms with Crippen molar-refractivity contribution in [3.05, 3.63) is 35.9 Å². The molecule has 1 amide bonds. The molecule has 1 saturated heterocycles. The Balaban J connectivity index is 1.94. The van der Waals surface area contributed by atoms with Crippen LogP contribution < -0.4 is 0 Å². The number of rotatable bonds is 4. The maximum atomic E-state index is 12.4. The first-order chi connectivity index (χ1) is 11.3. The van der Waals surface area contributed by atoms with E-state index in [1.165, 1.54) is 4.90 Å². The topological polar surface area (TPSA) is 76.1 Å². The summed E-state index contributed by atoms with van der Waals surface area (Å²) in [5.74, 6) is -0.476. The van der Waals surface area contributed by atoms with Crippen molar-refractivity contribution in [1.29, 1.82) is 0 Å². The highest BCUT2D eigenvalue weighted by Crippen LogP contribution is 2.33. The molecule has 0 saturated carbocycles. The molecule has 1 heterocycles. The van der Waals surface area contributed by atoms with E-state index in [0.717, 1.165) is 5.56 Å². The molecule has 1 unspecified atom stereocenters. The molecule has 0 aromatic heterocycles. The van der Waals surface area contributed by atoms with Gasteiger partial charge in [0.2, 0.25) is 0 Å². The summed E-state index contributed by atoms with van der Waals surface area (Å²) in [7, 11) is 0. The summed E-state index contributed by atoms with van der Waals surface area (Å²) in [6, 6.07) is 9.38. The van der Waals surface area contributed by atoms with Crippen molar-refractivity contribution in [2.24, 2.45) is 5.41 Å². The average molecular weight is 335 g/mol. The Bertz CT molecular complexity index is 581. The molecule has 2 rings (SSSR count). The zero-order chi connectivity index (χ0) is 17.8. The van der Waals surface area contributed by atoms with Gasteiger partial charge in [-0.05, 0) is 32.8 Å². The summed E-state index contributed by atoms with van der Waals surface area (Å²) in [4.78, 5) is 26.0. The van der Waals surface area contributed by atoms with Crippen LogP contribution in [-0.2, 0) is 20.9 Å². The summed E-state index contributed by atoms with van der Waals surface area (Å²) in [6.07, 6.45) is -0.128. The van der Waals surface area contributed by atoms with Crippen LogP contribution in [0.2, 0.25) is 0 Å². The number of aliphatic hydroxyl groups is 1. The second-order valence-corrected chi connectivity index (χ2v) is 7.15. The number of ether oxygens (including phenoxy) is 2. The molecular formula is C18H25NO5. The van der Waals surface area contributed by atoms with Crippen molar-refractivity contribution in [2.45, 2.75) is 39.4 Å². The zero-order valence-corrected chi connectivity index (χ0v) is 14.4. The molecule has 6 heteroatoms. The number of aliphatic hydroxyl groups excluding tert-OH is 1. The molecule has 0 spiro atoms. The Morgan fingerprint density at radius 2 is 1.92 bits per heavy atom. The van der Waals surface area contributed by atoms with Crippen molar-refractivity contribution in [1.82, 2.24) is 4.90 Å². The third-order valence-electron chi connectivity index (χ3n) is 3.95. The Morgan fingerprint density at radius 1 is 1.25 bits per heavy atom. The van der Waals surface area contributed by atoms with Gasteiger partial charge in [-0.15, -0.1) is 0 Å². The van der Waals surface area contributed by atoms with Gasteiger partial charge in [0.1, 0.15) is 17.6 Å². The summed E-state index contributed by atoms with van der Waals surface area (Å²) >= 11 is 0. The van der Waals surface area contributed by atoms with Gasteiger partial charge in [0.05, 0.1) is 6.61 Å². The number of nitrogens with zero attached hydrogens (tertiary/aromatic N) is 1. The van der Waals surface area contributed by atoms with E-state index in [0.29, 0.717) is 13.0 Å². The number of amides is 1. The smallest absolute Gasteiger partial charge is 0.410 e. The molecule has 1 aliphatic heterocycles. The van der Waals surface area contributed by atoms with Gasteiger partial charge in [-0.3, -0.25) is 4.79 Å². The molecule has 24 heavy (non-hydrogen) atoms. The second kappa shape index (κ2) is 7.21. The van der Waals surface area contributed by atoms with E-state index in [2.05, 4.69) is 0 Å². The third kappa shape index (κ3) is 4.47. The highest BCUT2D eigenvalue weighted by molar-refractivity contribution is 5.80.